The SMILES string of the molecule is CCNc1cccc(-c2cc(OC)cc(OC)c2)n1. The molecule has 0 atom stereocenters. The number of ether oxygens (including phenoxy) is 2. The van der Waals surface area contributed by atoms with Crippen LogP contribution in [0.2, 0.25) is 0 Å². The first kappa shape index (κ1) is 13.2. The molecule has 4 nitrogen and oxygen atoms in total. The predicted octanol–water partition coefficient (Wildman–Crippen LogP) is 3.20. The molecule has 0 radical (unpaired) electrons. The van der Waals surface area contributed by atoms with E-state index in [0.717, 1.165) is 35.1 Å². The van der Waals surface area contributed by atoms with E-state index in [4.69, 9.17) is 9.47 Å². The van der Waals surface area contributed by atoms with E-state index in [0.29, 0.717) is 0 Å². The number of methoxy groups -OCH3 is 2. The Hall–Kier alpha value is -2.23. The zero-order valence-electron chi connectivity index (χ0n) is 11.4. The minimum atomic E-state index is 0.755. The normalized spacial score (nSPS) is 10.1. The largest absolute Gasteiger partial charge is 0.497 e. The second kappa shape index (κ2) is 6.09. The van der Waals surface area contributed by atoms with E-state index in [-0.39, 0.29) is 0 Å². The quantitative estimate of drug-likeness (QED) is 0.894. The van der Waals surface area contributed by atoms with Crippen molar-refractivity contribution >= 4 is 5.82 Å². The minimum Gasteiger partial charge on any atom is -0.497 e. The fourth-order valence-corrected chi connectivity index (χ4v) is 1.83. The van der Waals surface area contributed by atoms with Crippen LogP contribution >= 0.6 is 0 Å². The van der Waals surface area contributed by atoms with E-state index in [1.807, 2.05) is 43.3 Å². The van der Waals surface area contributed by atoms with Gasteiger partial charge in [-0.2, -0.15) is 0 Å². The maximum Gasteiger partial charge on any atom is 0.126 e. The number of anilines is 1. The standard InChI is InChI=1S/C15H18N2O2/c1-4-16-15-7-5-6-14(17-15)11-8-12(18-2)10-13(9-11)19-3/h5-10H,4H2,1-3H3,(H,16,17). The van der Waals surface area contributed by atoms with Gasteiger partial charge < -0.3 is 14.8 Å². The third-order valence-corrected chi connectivity index (χ3v) is 2.75. The molecule has 2 aromatic rings. The molecule has 0 spiro atoms. The van der Waals surface area contributed by atoms with Crippen LogP contribution in [0.25, 0.3) is 11.3 Å². The first-order valence-corrected chi connectivity index (χ1v) is 6.21. The molecule has 0 aliphatic rings. The van der Waals surface area contributed by atoms with Crippen molar-refractivity contribution in [1.82, 2.24) is 4.98 Å². The first-order chi connectivity index (χ1) is 9.26. The number of benzene rings is 1. The average molecular weight is 258 g/mol. The summed E-state index contributed by atoms with van der Waals surface area (Å²) in [7, 11) is 3.28. The van der Waals surface area contributed by atoms with Gasteiger partial charge in [0.1, 0.15) is 17.3 Å². The molecule has 0 bridgehead atoms. The van der Waals surface area contributed by atoms with E-state index in [1.54, 1.807) is 14.2 Å². The molecule has 1 N–H and O–H groups in total. The van der Waals surface area contributed by atoms with Gasteiger partial charge in [-0.15, -0.1) is 0 Å². The molecular weight excluding hydrogens is 240 g/mol. The van der Waals surface area contributed by atoms with Gasteiger partial charge in [0.25, 0.3) is 0 Å². The summed E-state index contributed by atoms with van der Waals surface area (Å²) < 4.78 is 10.5. The van der Waals surface area contributed by atoms with E-state index in [1.165, 1.54) is 0 Å². The molecule has 0 aliphatic heterocycles. The van der Waals surface area contributed by atoms with Gasteiger partial charge in [-0.05, 0) is 31.2 Å². The number of rotatable bonds is 5. The van der Waals surface area contributed by atoms with Crippen molar-refractivity contribution in [3.8, 4) is 22.8 Å². The Morgan fingerprint density at radius 1 is 1.05 bits per heavy atom. The second-order valence-corrected chi connectivity index (χ2v) is 4.04. The molecule has 1 heterocycles. The van der Waals surface area contributed by atoms with Gasteiger partial charge in [-0.1, -0.05) is 6.07 Å². The smallest absolute Gasteiger partial charge is 0.126 e. The van der Waals surface area contributed by atoms with Crippen molar-refractivity contribution in [3.05, 3.63) is 36.4 Å². The lowest BCUT2D eigenvalue weighted by Crippen LogP contribution is -1.99. The van der Waals surface area contributed by atoms with Crippen molar-refractivity contribution in [2.75, 3.05) is 26.1 Å². The minimum absolute atomic E-state index is 0.755. The Morgan fingerprint density at radius 2 is 1.74 bits per heavy atom. The second-order valence-electron chi connectivity index (χ2n) is 4.04. The van der Waals surface area contributed by atoms with Crippen LogP contribution in [0.5, 0.6) is 11.5 Å². The van der Waals surface area contributed by atoms with Crippen LogP contribution < -0.4 is 14.8 Å². The Morgan fingerprint density at radius 3 is 2.32 bits per heavy atom. The lowest BCUT2D eigenvalue weighted by molar-refractivity contribution is 0.394. The third kappa shape index (κ3) is 3.16. The monoisotopic (exact) mass is 258 g/mol. The Labute approximate surface area is 113 Å². The van der Waals surface area contributed by atoms with Gasteiger partial charge in [-0.3, -0.25) is 0 Å². The first-order valence-electron chi connectivity index (χ1n) is 6.21. The van der Waals surface area contributed by atoms with Crippen LogP contribution in [0.4, 0.5) is 5.82 Å². The van der Waals surface area contributed by atoms with Crippen molar-refractivity contribution in [1.29, 1.82) is 0 Å². The molecule has 0 aliphatic carbocycles. The van der Waals surface area contributed by atoms with Crippen molar-refractivity contribution < 1.29 is 9.47 Å². The average Bonchev–Trinajstić information content (AvgIpc) is 2.47. The topological polar surface area (TPSA) is 43.4 Å². The number of nitrogens with one attached hydrogen (secondary N) is 1. The summed E-state index contributed by atoms with van der Waals surface area (Å²) in [6, 6.07) is 11.6. The van der Waals surface area contributed by atoms with E-state index in [9.17, 15) is 0 Å². The van der Waals surface area contributed by atoms with E-state index >= 15 is 0 Å². The van der Waals surface area contributed by atoms with E-state index in [2.05, 4.69) is 10.3 Å². The maximum absolute atomic E-state index is 5.27. The van der Waals surface area contributed by atoms with Crippen molar-refractivity contribution in [3.63, 3.8) is 0 Å². The number of hydrogen-bond donors (Lipinski definition) is 1. The number of hydrogen-bond acceptors (Lipinski definition) is 4. The summed E-state index contributed by atoms with van der Waals surface area (Å²) in [5.74, 6) is 2.37. The Bertz CT molecular complexity index is 533. The molecular formula is C15H18N2O2. The van der Waals surface area contributed by atoms with Gasteiger partial charge in [0.05, 0.1) is 19.9 Å². The summed E-state index contributed by atoms with van der Waals surface area (Å²) in [6.45, 7) is 2.89. The predicted molar refractivity (Wildman–Crippen MR) is 76.9 cm³/mol. The maximum atomic E-state index is 5.27. The molecule has 1 aromatic carbocycles. The highest BCUT2D eigenvalue weighted by Crippen LogP contribution is 2.29. The molecule has 0 unspecified atom stereocenters. The van der Waals surface area contributed by atoms with Crippen LogP contribution in [0.1, 0.15) is 6.92 Å². The van der Waals surface area contributed by atoms with E-state index < -0.39 is 0 Å². The van der Waals surface area contributed by atoms with Crippen LogP contribution in [0.3, 0.4) is 0 Å². The summed E-state index contributed by atoms with van der Waals surface area (Å²) >= 11 is 0. The van der Waals surface area contributed by atoms with Crippen LogP contribution in [-0.4, -0.2) is 25.7 Å². The van der Waals surface area contributed by atoms with Crippen molar-refractivity contribution in [2.45, 2.75) is 6.92 Å². The molecule has 0 fully saturated rings. The highest BCUT2D eigenvalue weighted by atomic mass is 16.5. The molecule has 2 rings (SSSR count). The van der Waals surface area contributed by atoms with Gasteiger partial charge in [0.15, 0.2) is 0 Å². The molecule has 19 heavy (non-hydrogen) atoms. The van der Waals surface area contributed by atoms with Crippen molar-refractivity contribution in [2.24, 2.45) is 0 Å². The molecule has 1 aromatic heterocycles. The Balaban J connectivity index is 2.42. The lowest BCUT2D eigenvalue weighted by Gasteiger charge is -2.09. The fourth-order valence-electron chi connectivity index (χ4n) is 1.83. The molecule has 100 valence electrons. The number of nitrogens with zero attached hydrogens (tertiary/aromatic N) is 1. The zero-order chi connectivity index (χ0) is 13.7. The third-order valence-electron chi connectivity index (χ3n) is 2.75. The van der Waals surface area contributed by atoms with Crippen LogP contribution in [0, 0.1) is 0 Å². The molecule has 0 saturated heterocycles. The van der Waals surface area contributed by atoms with Gasteiger partial charge in [0.2, 0.25) is 0 Å². The van der Waals surface area contributed by atoms with Gasteiger partial charge in [-0.25, -0.2) is 4.98 Å². The van der Waals surface area contributed by atoms with Gasteiger partial charge >= 0.3 is 0 Å². The number of aromatic nitrogens is 1. The summed E-state index contributed by atoms with van der Waals surface area (Å²) in [5.41, 5.74) is 1.85. The van der Waals surface area contributed by atoms with Crippen LogP contribution in [0.15, 0.2) is 36.4 Å². The zero-order valence-corrected chi connectivity index (χ0v) is 11.4. The van der Waals surface area contributed by atoms with Gasteiger partial charge in [0, 0.05) is 18.2 Å². The summed E-state index contributed by atoms with van der Waals surface area (Å²) in [4.78, 5) is 4.56. The highest BCUT2D eigenvalue weighted by Gasteiger charge is 2.06. The number of pyridine rings is 1. The van der Waals surface area contributed by atoms with Crippen LogP contribution in [-0.2, 0) is 0 Å². The molecule has 0 amide bonds. The summed E-state index contributed by atoms with van der Waals surface area (Å²) in [5, 5.41) is 3.20. The fraction of sp³-hybridized carbons (Fsp3) is 0.267. The summed E-state index contributed by atoms with van der Waals surface area (Å²) in [6.07, 6.45) is 0. The molecule has 4 heteroatoms. The Kier molecular flexibility index (Phi) is 4.23. The molecule has 0 saturated carbocycles. The highest BCUT2D eigenvalue weighted by molar-refractivity contribution is 5.65. The lowest BCUT2D eigenvalue weighted by atomic mass is 10.1.